The molecule has 0 aromatic heterocycles. The normalized spacial score (nSPS) is 22.8. The van der Waals surface area contributed by atoms with Crippen molar-refractivity contribution in [1.82, 2.24) is 10.2 Å². The third-order valence-electron chi connectivity index (χ3n) is 5.36. The second kappa shape index (κ2) is 8.02. The second-order valence-corrected chi connectivity index (χ2v) is 6.93. The van der Waals surface area contributed by atoms with Crippen LogP contribution in [0.15, 0.2) is 0 Å². The number of nitrogens with two attached hydrogens (primary N) is 1. The SMILES string of the molecule is CCCN(C(=O)NC1CCCCC1)C1(CN)CCCCC1. The Hall–Kier alpha value is -0.770. The van der Waals surface area contributed by atoms with E-state index >= 15 is 0 Å². The average Bonchev–Trinajstić information content (AvgIpc) is 2.54. The highest BCUT2D eigenvalue weighted by Gasteiger charge is 2.39. The molecular weight excluding hydrogens is 262 g/mol. The number of amides is 2. The van der Waals surface area contributed by atoms with Gasteiger partial charge in [-0.1, -0.05) is 45.4 Å². The minimum absolute atomic E-state index is 0.0903. The van der Waals surface area contributed by atoms with Crippen LogP contribution in [0.5, 0.6) is 0 Å². The zero-order valence-corrected chi connectivity index (χ0v) is 13.7. The zero-order valence-electron chi connectivity index (χ0n) is 13.7. The smallest absolute Gasteiger partial charge is 0.318 e. The molecule has 2 aliphatic carbocycles. The molecule has 0 saturated heterocycles. The molecule has 122 valence electrons. The van der Waals surface area contributed by atoms with Crippen LogP contribution in [0.3, 0.4) is 0 Å². The summed E-state index contributed by atoms with van der Waals surface area (Å²) in [5.74, 6) is 0. The molecule has 0 aromatic rings. The van der Waals surface area contributed by atoms with Crippen LogP contribution in [-0.2, 0) is 0 Å². The van der Waals surface area contributed by atoms with Crippen LogP contribution in [0.4, 0.5) is 4.79 Å². The summed E-state index contributed by atoms with van der Waals surface area (Å²) < 4.78 is 0. The molecule has 2 rings (SSSR count). The summed E-state index contributed by atoms with van der Waals surface area (Å²) in [6, 6.07) is 0.514. The topological polar surface area (TPSA) is 58.4 Å². The van der Waals surface area contributed by atoms with Crippen molar-refractivity contribution in [3.05, 3.63) is 0 Å². The Kier molecular flexibility index (Phi) is 6.34. The van der Waals surface area contributed by atoms with Crippen LogP contribution in [0, 0.1) is 0 Å². The molecule has 0 heterocycles. The summed E-state index contributed by atoms with van der Waals surface area (Å²) in [5, 5.41) is 3.29. The first kappa shape index (κ1) is 16.6. The number of hydrogen-bond donors (Lipinski definition) is 2. The monoisotopic (exact) mass is 295 g/mol. The van der Waals surface area contributed by atoms with E-state index in [2.05, 4.69) is 17.1 Å². The first-order valence-corrected chi connectivity index (χ1v) is 9.00. The fourth-order valence-corrected chi connectivity index (χ4v) is 4.07. The highest BCUT2D eigenvalue weighted by molar-refractivity contribution is 5.75. The second-order valence-electron chi connectivity index (χ2n) is 6.93. The highest BCUT2D eigenvalue weighted by atomic mass is 16.2. The summed E-state index contributed by atoms with van der Waals surface area (Å²) in [6.07, 6.45) is 12.9. The first-order valence-electron chi connectivity index (χ1n) is 9.00. The van der Waals surface area contributed by atoms with Crippen molar-refractivity contribution in [2.24, 2.45) is 5.73 Å². The quantitative estimate of drug-likeness (QED) is 0.816. The lowest BCUT2D eigenvalue weighted by Gasteiger charge is -2.46. The van der Waals surface area contributed by atoms with Crippen molar-refractivity contribution >= 4 is 6.03 Å². The largest absolute Gasteiger partial charge is 0.335 e. The van der Waals surface area contributed by atoms with Gasteiger partial charge < -0.3 is 16.0 Å². The van der Waals surface area contributed by atoms with Gasteiger partial charge in [0.25, 0.3) is 0 Å². The summed E-state index contributed by atoms with van der Waals surface area (Å²) in [7, 11) is 0. The minimum Gasteiger partial charge on any atom is -0.335 e. The lowest BCUT2D eigenvalue weighted by Crippen LogP contribution is -2.61. The van der Waals surface area contributed by atoms with Crippen LogP contribution < -0.4 is 11.1 Å². The Morgan fingerprint density at radius 3 is 2.33 bits per heavy atom. The molecule has 2 fully saturated rings. The molecule has 3 N–H and O–H groups in total. The van der Waals surface area contributed by atoms with E-state index in [1.165, 1.54) is 38.5 Å². The van der Waals surface area contributed by atoms with Crippen molar-refractivity contribution < 1.29 is 4.79 Å². The van der Waals surface area contributed by atoms with E-state index in [1.807, 2.05) is 0 Å². The van der Waals surface area contributed by atoms with Gasteiger partial charge in [0, 0.05) is 19.1 Å². The van der Waals surface area contributed by atoms with Gasteiger partial charge in [0.15, 0.2) is 0 Å². The summed E-state index contributed by atoms with van der Waals surface area (Å²) >= 11 is 0. The molecule has 0 aromatic carbocycles. The van der Waals surface area contributed by atoms with Crippen LogP contribution in [-0.4, -0.2) is 35.6 Å². The number of rotatable bonds is 5. The molecule has 0 bridgehead atoms. The fourth-order valence-electron chi connectivity index (χ4n) is 4.07. The van der Waals surface area contributed by atoms with Gasteiger partial charge in [-0.3, -0.25) is 0 Å². The van der Waals surface area contributed by atoms with Crippen LogP contribution in [0.1, 0.15) is 77.6 Å². The molecule has 0 radical (unpaired) electrons. The van der Waals surface area contributed by atoms with Crippen LogP contribution in [0.25, 0.3) is 0 Å². The number of urea groups is 1. The Morgan fingerprint density at radius 2 is 1.76 bits per heavy atom. The molecule has 0 atom stereocenters. The van der Waals surface area contributed by atoms with E-state index in [-0.39, 0.29) is 11.6 Å². The summed E-state index contributed by atoms with van der Waals surface area (Å²) in [6.45, 7) is 3.58. The van der Waals surface area contributed by atoms with E-state index in [4.69, 9.17) is 5.73 Å². The maximum atomic E-state index is 12.8. The molecular formula is C17H33N3O. The van der Waals surface area contributed by atoms with Crippen molar-refractivity contribution in [2.45, 2.75) is 89.1 Å². The molecule has 2 aliphatic rings. The average molecular weight is 295 g/mol. The van der Waals surface area contributed by atoms with E-state index in [9.17, 15) is 4.79 Å². The van der Waals surface area contributed by atoms with Gasteiger partial charge in [-0.25, -0.2) is 4.79 Å². The molecule has 4 heteroatoms. The van der Waals surface area contributed by atoms with E-state index in [1.54, 1.807) is 0 Å². The third-order valence-corrected chi connectivity index (χ3v) is 5.36. The predicted octanol–water partition coefficient (Wildman–Crippen LogP) is 3.40. The lowest BCUT2D eigenvalue weighted by molar-refractivity contribution is 0.0807. The van der Waals surface area contributed by atoms with Gasteiger partial charge in [0.1, 0.15) is 0 Å². The fraction of sp³-hybridized carbons (Fsp3) is 0.941. The Labute approximate surface area is 129 Å². The molecule has 2 saturated carbocycles. The van der Waals surface area contributed by atoms with E-state index in [0.717, 1.165) is 38.6 Å². The van der Waals surface area contributed by atoms with Crippen molar-refractivity contribution in [3.8, 4) is 0 Å². The van der Waals surface area contributed by atoms with Gasteiger partial charge in [-0.15, -0.1) is 0 Å². The van der Waals surface area contributed by atoms with Crippen LogP contribution in [0.2, 0.25) is 0 Å². The van der Waals surface area contributed by atoms with Gasteiger partial charge >= 0.3 is 6.03 Å². The summed E-state index contributed by atoms with van der Waals surface area (Å²) in [5.41, 5.74) is 6.03. The van der Waals surface area contributed by atoms with Gasteiger partial charge in [-0.05, 0) is 32.1 Å². The minimum atomic E-state index is -0.0903. The number of hydrogen-bond acceptors (Lipinski definition) is 2. The maximum Gasteiger partial charge on any atom is 0.318 e. The maximum absolute atomic E-state index is 12.8. The van der Waals surface area contributed by atoms with Gasteiger partial charge in [0.2, 0.25) is 0 Å². The van der Waals surface area contributed by atoms with Crippen molar-refractivity contribution in [1.29, 1.82) is 0 Å². The predicted molar refractivity (Wildman–Crippen MR) is 87.3 cm³/mol. The highest BCUT2D eigenvalue weighted by Crippen LogP contribution is 2.33. The molecule has 4 nitrogen and oxygen atoms in total. The summed E-state index contributed by atoms with van der Waals surface area (Å²) in [4.78, 5) is 14.9. The molecule has 2 amide bonds. The number of carbonyl (C=O) groups is 1. The zero-order chi connectivity index (χ0) is 15.1. The molecule has 21 heavy (non-hydrogen) atoms. The first-order chi connectivity index (χ1) is 10.2. The van der Waals surface area contributed by atoms with E-state index in [0.29, 0.717) is 12.6 Å². The van der Waals surface area contributed by atoms with Crippen molar-refractivity contribution in [2.75, 3.05) is 13.1 Å². The van der Waals surface area contributed by atoms with E-state index < -0.39 is 0 Å². The molecule has 0 spiro atoms. The Morgan fingerprint density at radius 1 is 1.14 bits per heavy atom. The lowest BCUT2D eigenvalue weighted by atomic mass is 9.80. The third kappa shape index (κ3) is 4.12. The molecule has 0 aliphatic heterocycles. The van der Waals surface area contributed by atoms with Crippen molar-refractivity contribution in [3.63, 3.8) is 0 Å². The Balaban J connectivity index is 2.03. The standard InChI is InChI=1S/C17H33N3O/c1-2-13-20(17(14-18)11-7-4-8-12-17)16(21)19-15-9-5-3-6-10-15/h15H,2-14,18H2,1H3,(H,19,21). The Bertz CT molecular complexity index is 320. The number of nitrogens with one attached hydrogen (secondary N) is 1. The van der Waals surface area contributed by atoms with Gasteiger partial charge in [0.05, 0.1) is 5.54 Å². The van der Waals surface area contributed by atoms with Gasteiger partial charge in [-0.2, -0.15) is 0 Å². The number of carbonyl (C=O) groups excluding carboxylic acids is 1. The number of nitrogens with zero attached hydrogens (tertiary/aromatic N) is 1. The molecule has 0 unspecified atom stereocenters. The van der Waals surface area contributed by atoms with Crippen LogP contribution >= 0.6 is 0 Å².